The molecule has 1 amide bonds. The van der Waals surface area contributed by atoms with Gasteiger partial charge in [0.25, 0.3) is 0 Å². The normalized spacial score (nSPS) is 9.47. The van der Waals surface area contributed by atoms with Gasteiger partial charge in [-0.25, -0.2) is 0 Å². The molecule has 0 aromatic heterocycles. The topological polar surface area (TPSA) is 64.9 Å². The van der Waals surface area contributed by atoms with Crippen LogP contribution in [-0.2, 0) is 4.79 Å². The van der Waals surface area contributed by atoms with Crippen LogP contribution in [0.4, 0.5) is 5.69 Å². The molecule has 0 unspecified atom stereocenters. The van der Waals surface area contributed by atoms with E-state index in [9.17, 15) is 4.79 Å². The van der Waals surface area contributed by atoms with Gasteiger partial charge in [0.15, 0.2) is 0 Å². The molecule has 17 heavy (non-hydrogen) atoms. The van der Waals surface area contributed by atoms with Crippen LogP contribution in [0, 0.1) is 11.3 Å². The smallest absolute Gasteiger partial charge is 0.221 e. The Morgan fingerprint density at radius 3 is 2.88 bits per heavy atom. The molecule has 1 aromatic rings. The zero-order valence-electron chi connectivity index (χ0n) is 9.91. The minimum absolute atomic E-state index is 0.0166. The highest BCUT2D eigenvalue weighted by molar-refractivity contribution is 7.98. The first-order valence-electron chi connectivity index (χ1n) is 5.24. The number of carbonyl (C=O) groups excluding carboxylic acids is 1. The Morgan fingerprint density at radius 1 is 1.53 bits per heavy atom. The van der Waals surface area contributed by atoms with E-state index in [1.54, 1.807) is 7.05 Å². The summed E-state index contributed by atoms with van der Waals surface area (Å²) in [6, 6.07) is 7.84. The Morgan fingerprint density at radius 2 is 2.29 bits per heavy atom. The van der Waals surface area contributed by atoms with Crippen molar-refractivity contribution in [3.8, 4) is 6.07 Å². The highest BCUT2D eigenvalue weighted by Gasteiger charge is 2.07. The van der Waals surface area contributed by atoms with Gasteiger partial charge in [-0.2, -0.15) is 5.26 Å². The summed E-state index contributed by atoms with van der Waals surface area (Å²) in [5.74, 6) is -0.0166. The second-order valence-corrected chi connectivity index (χ2v) is 4.19. The fourth-order valence-electron chi connectivity index (χ4n) is 1.40. The van der Waals surface area contributed by atoms with Crippen LogP contribution >= 0.6 is 11.8 Å². The van der Waals surface area contributed by atoms with Gasteiger partial charge in [0.1, 0.15) is 6.07 Å². The molecular weight excluding hydrogens is 234 g/mol. The minimum Gasteiger partial charge on any atom is -0.383 e. The Labute approximate surface area is 105 Å². The summed E-state index contributed by atoms with van der Waals surface area (Å²) >= 11 is 1.54. The second kappa shape index (κ2) is 6.81. The lowest BCUT2D eigenvalue weighted by atomic mass is 10.2. The summed E-state index contributed by atoms with van der Waals surface area (Å²) in [4.78, 5) is 12.0. The van der Waals surface area contributed by atoms with Crippen molar-refractivity contribution in [2.45, 2.75) is 11.3 Å². The first kappa shape index (κ1) is 13.4. The maximum Gasteiger partial charge on any atom is 0.221 e. The van der Waals surface area contributed by atoms with Crippen molar-refractivity contribution in [1.82, 2.24) is 5.32 Å². The van der Waals surface area contributed by atoms with Crippen molar-refractivity contribution in [2.24, 2.45) is 0 Å². The first-order valence-corrected chi connectivity index (χ1v) is 6.47. The molecule has 1 aromatic carbocycles. The zero-order chi connectivity index (χ0) is 12.7. The predicted octanol–water partition coefficient (Wildman–Crippen LogP) is 1.83. The molecule has 5 heteroatoms. The van der Waals surface area contributed by atoms with Gasteiger partial charge in [-0.15, -0.1) is 11.8 Å². The van der Waals surface area contributed by atoms with E-state index in [2.05, 4.69) is 16.7 Å². The molecule has 0 aliphatic heterocycles. The van der Waals surface area contributed by atoms with E-state index in [0.717, 1.165) is 10.6 Å². The molecule has 0 radical (unpaired) electrons. The quantitative estimate of drug-likeness (QED) is 0.781. The van der Waals surface area contributed by atoms with Crippen molar-refractivity contribution < 1.29 is 4.79 Å². The molecule has 0 heterocycles. The molecular formula is C12H15N3OS. The number of anilines is 1. The number of rotatable bonds is 5. The number of hydrogen-bond acceptors (Lipinski definition) is 4. The molecule has 2 N–H and O–H groups in total. The molecule has 0 aliphatic carbocycles. The van der Waals surface area contributed by atoms with Gasteiger partial charge in [0.2, 0.25) is 5.91 Å². The lowest BCUT2D eigenvalue weighted by molar-refractivity contribution is -0.120. The molecule has 0 fully saturated rings. The van der Waals surface area contributed by atoms with Crippen LogP contribution in [0.3, 0.4) is 0 Å². The van der Waals surface area contributed by atoms with Gasteiger partial charge in [0, 0.05) is 24.9 Å². The summed E-state index contributed by atoms with van der Waals surface area (Å²) in [7, 11) is 1.61. The number of nitrogens with zero attached hydrogens (tertiary/aromatic N) is 1. The maximum atomic E-state index is 11.1. The van der Waals surface area contributed by atoms with Crippen LogP contribution in [0.2, 0.25) is 0 Å². The first-order chi connectivity index (χ1) is 8.22. The third-order valence-corrected chi connectivity index (χ3v) is 3.08. The number of amides is 1. The van der Waals surface area contributed by atoms with Gasteiger partial charge in [0.05, 0.1) is 11.3 Å². The molecule has 0 aliphatic rings. The Balaban J connectivity index is 2.71. The number of hydrogen-bond donors (Lipinski definition) is 2. The van der Waals surface area contributed by atoms with Crippen LogP contribution in [0.15, 0.2) is 23.1 Å². The van der Waals surface area contributed by atoms with E-state index in [1.807, 2.05) is 24.5 Å². The highest BCUT2D eigenvalue weighted by atomic mass is 32.2. The van der Waals surface area contributed by atoms with Crippen LogP contribution in [0.1, 0.15) is 12.0 Å². The Hall–Kier alpha value is -1.67. The van der Waals surface area contributed by atoms with Gasteiger partial charge in [-0.1, -0.05) is 6.07 Å². The summed E-state index contributed by atoms with van der Waals surface area (Å²) in [6.45, 7) is 0.520. The van der Waals surface area contributed by atoms with Gasteiger partial charge in [-0.05, 0) is 18.4 Å². The average molecular weight is 249 g/mol. The molecule has 4 nitrogen and oxygen atoms in total. The third-order valence-electron chi connectivity index (χ3n) is 2.30. The lowest BCUT2D eigenvalue weighted by Crippen LogP contribution is -2.21. The fourth-order valence-corrected chi connectivity index (χ4v) is 1.97. The minimum atomic E-state index is -0.0166. The van der Waals surface area contributed by atoms with Gasteiger partial charge < -0.3 is 10.6 Å². The lowest BCUT2D eigenvalue weighted by Gasteiger charge is -2.09. The maximum absolute atomic E-state index is 11.1. The molecule has 0 atom stereocenters. The predicted molar refractivity (Wildman–Crippen MR) is 70.1 cm³/mol. The standard InChI is InChI=1S/C12H15N3OS/c1-14-12(16)6-7-15-10-4-3-5-11(17-2)9(10)8-13/h3-5,15H,6-7H2,1-2H3,(H,14,16). The summed E-state index contributed by atoms with van der Waals surface area (Å²) < 4.78 is 0. The summed E-state index contributed by atoms with van der Waals surface area (Å²) in [5.41, 5.74) is 1.42. The van der Waals surface area contributed by atoms with Crippen LogP contribution in [-0.4, -0.2) is 25.8 Å². The Kier molecular flexibility index (Phi) is 5.37. The van der Waals surface area contributed by atoms with E-state index < -0.39 is 0 Å². The highest BCUT2D eigenvalue weighted by Crippen LogP contribution is 2.26. The fraction of sp³-hybridized carbons (Fsp3) is 0.333. The van der Waals surface area contributed by atoms with Crippen molar-refractivity contribution in [3.05, 3.63) is 23.8 Å². The van der Waals surface area contributed by atoms with E-state index in [4.69, 9.17) is 5.26 Å². The van der Waals surface area contributed by atoms with Crippen LogP contribution in [0.5, 0.6) is 0 Å². The number of nitrogens with one attached hydrogen (secondary N) is 2. The van der Waals surface area contributed by atoms with E-state index in [0.29, 0.717) is 18.5 Å². The summed E-state index contributed by atoms with van der Waals surface area (Å²) in [6.07, 6.45) is 2.33. The number of benzene rings is 1. The monoisotopic (exact) mass is 249 g/mol. The second-order valence-electron chi connectivity index (χ2n) is 3.34. The molecule has 1 rings (SSSR count). The average Bonchev–Trinajstić information content (AvgIpc) is 2.37. The largest absolute Gasteiger partial charge is 0.383 e. The molecule has 90 valence electrons. The van der Waals surface area contributed by atoms with Gasteiger partial charge >= 0.3 is 0 Å². The molecule has 0 bridgehead atoms. The van der Waals surface area contributed by atoms with Gasteiger partial charge in [-0.3, -0.25) is 4.79 Å². The zero-order valence-corrected chi connectivity index (χ0v) is 10.7. The van der Waals surface area contributed by atoms with Crippen molar-refractivity contribution in [1.29, 1.82) is 5.26 Å². The SMILES string of the molecule is CNC(=O)CCNc1cccc(SC)c1C#N. The molecule has 0 spiro atoms. The number of nitriles is 1. The van der Waals surface area contributed by atoms with E-state index in [1.165, 1.54) is 11.8 Å². The number of carbonyl (C=O) groups is 1. The van der Waals surface area contributed by atoms with Crippen LogP contribution in [0.25, 0.3) is 0 Å². The Bertz CT molecular complexity index is 440. The van der Waals surface area contributed by atoms with E-state index in [-0.39, 0.29) is 5.91 Å². The van der Waals surface area contributed by atoms with Crippen molar-refractivity contribution in [3.63, 3.8) is 0 Å². The van der Waals surface area contributed by atoms with Crippen LogP contribution < -0.4 is 10.6 Å². The molecule has 0 saturated carbocycles. The third kappa shape index (κ3) is 3.68. The summed E-state index contributed by atoms with van der Waals surface area (Å²) in [5, 5.41) is 14.8. The number of thioether (sulfide) groups is 1. The molecule has 0 saturated heterocycles. The van der Waals surface area contributed by atoms with Crippen molar-refractivity contribution in [2.75, 3.05) is 25.2 Å². The van der Waals surface area contributed by atoms with E-state index >= 15 is 0 Å². The van der Waals surface area contributed by atoms with Crippen molar-refractivity contribution >= 4 is 23.4 Å².